The van der Waals surface area contributed by atoms with Crippen LogP contribution in [0.2, 0.25) is 0 Å². The molecular weight excluding hydrogens is 312 g/mol. The number of Topliss-reactive ketones (excluding diaryl/α,β-unsaturated/α-hetero) is 1. The zero-order valence-electron chi connectivity index (χ0n) is 7.72. The van der Waals surface area contributed by atoms with E-state index in [-0.39, 0.29) is 5.78 Å². The maximum Gasteiger partial charge on any atom is 0.163 e. The molecule has 0 aliphatic rings. The molecule has 14 heavy (non-hydrogen) atoms. The quantitative estimate of drug-likeness (QED) is 0.627. The van der Waals surface area contributed by atoms with Crippen molar-refractivity contribution in [3.63, 3.8) is 0 Å². The molecule has 0 aromatic heterocycles. The van der Waals surface area contributed by atoms with E-state index in [1.807, 2.05) is 6.07 Å². The maximum absolute atomic E-state index is 11.6. The molecule has 2 nitrogen and oxygen atoms in total. The predicted octanol–water partition coefficient (Wildman–Crippen LogP) is 3.43. The number of carbonyl (C=O) groups is 1. The second kappa shape index (κ2) is 5.51. The van der Waals surface area contributed by atoms with Crippen LogP contribution in [-0.4, -0.2) is 18.2 Å². The molecule has 0 aliphatic carbocycles. The highest BCUT2D eigenvalue weighted by Gasteiger charge is 2.07. The molecule has 1 aromatic carbocycles. The highest BCUT2D eigenvalue weighted by Crippen LogP contribution is 2.22. The van der Waals surface area contributed by atoms with Crippen LogP contribution in [0.1, 0.15) is 16.8 Å². The highest BCUT2D eigenvalue weighted by molar-refractivity contribution is 9.10. The van der Waals surface area contributed by atoms with Crippen LogP contribution in [0.15, 0.2) is 22.7 Å². The number of hydrogen-bond acceptors (Lipinski definition) is 2. The van der Waals surface area contributed by atoms with E-state index >= 15 is 0 Å². The molecule has 0 spiro atoms. The lowest BCUT2D eigenvalue weighted by Gasteiger charge is -2.04. The normalized spacial score (nSPS) is 9.93. The molecule has 0 amide bonds. The number of rotatable bonds is 4. The number of benzene rings is 1. The summed E-state index contributed by atoms with van der Waals surface area (Å²) in [6.45, 7) is 0. The second-order valence-electron chi connectivity index (χ2n) is 2.74. The van der Waals surface area contributed by atoms with E-state index in [1.165, 1.54) is 0 Å². The zero-order chi connectivity index (χ0) is 10.6. The molecule has 0 aliphatic heterocycles. The van der Waals surface area contributed by atoms with Crippen LogP contribution >= 0.6 is 31.9 Å². The number of ether oxygens (including phenoxy) is 1. The van der Waals surface area contributed by atoms with Gasteiger partial charge < -0.3 is 4.74 Å². The largest absolute Gasteiger partial charge is 0.497 e. The summed E-state index contributed by atoms with van der Waals surface area (Å²) in [7, 11) is 1.58. The summed E-state index contributed by atoms with van der Waals surface area (Å²) < 4.78 is 5.93. The Bertz CT molecular complexity index is 337. The molecule has 76 valence electrons. The molecule has 0 saturated carbocycles. The van der Waals surface area contributed by atoms with Crippen molar-refractivity contribution in [2.75, 3.05) is 12.4 Å². The fourth-order valence-corrected chi connectivity index (χ4v) is 1.90. The standard InChI is InChI=1S/C10H10Br2O2/c1-14-9-5-7(4-8(12)6-9)10(13)2-3-11/h4-6H,2-3H2,1H3. The summed E-state index contributed by atoms with van der Waals surface area (Å²) in [6.07, 6.45) is 0.500. The lowest BCUT2D eigenvalue weighted by molar-refractivity contribution is 0.0989. The minimum atomic E-state index is 0.112. The first-order chi connectivity index (χ1) is 6.67. The van der Waals surface area contributed by atoms with Crippen molar-refractivity contribution in [1.29, 1.82) is 0 Å². The Morgan fingerprint density at radius 3 is 2.71 bits per heavy atom. The third kappa shape index (κ3) is 3.10. The van der Waals surface area contributed by atoms with Crippen LogP contribution in [0.25, 0.3) is 0 Å². The van der Waals surface area contributed by atoms with Gasteiger partial charge in [-0.1, -0.05) is 31.9 Å². The van der Waals surface area contributed by atoms with Gasteiger partial charge in [0, 0.05) is 21.8 Å². The van der Waals surface area contributed by atoms with Crippen LogP contribution in [-0.2, 0) is 0 Å². The Balaban J connectivity index is 2.96. The SMILES string of the molecule is COc1cc(Br)cc(C(=O)CCBr)c1. The van der Waals surface area contributed by atoms with Gasteiger partial charge in [-0.15, -0.1) is 0 Å². The van der Waals surface area contributed by atoms with E-state index in [0.29, 0.717) is 23.1 Å². The van der Waals surface area contributed by atoms with Gasteiger partial charge in [0.15, 0.2) is 5.78 Å². The van der Waals surface area contributed by atoms with Gasteiger partial charge in [0.2, 0.25) is 0 Å². The van der Waals surface area contributed by atoms with E-state index < -0.39 is 0 Å². The molecular formula is C10H10Br2O2. The van der Waals surface area contributed by atoms with Gasteiger partial charge >= 0.3 is 0 Å². The lowest BCUT2D eigenvalue weighted by atomic mass is 10.1. The molecule has 0 saturated heterocycles. The Labute approximate surface area is 99.9 Å². The van der Waals surface area contributed by atoms with E-state index in [2.05, 4.69) is 31.9 Å². The molecule has 0 unspecified atom stereocenters. The van der Waals surface area contributed by atoms with E-state index in [0.717, 1.165) is 4.47 Å². The molecule has 0 atom stereocenters. The number of carbonyl (C=O) groups excluding carboxylic acids is 1. The number of ketones is 1. The molecule has 1 aromatic rings. The maximum atomic E-state index is 11.6. The molecule has 0 radical (unpaired) electrons. The Hall–Kier alpha value is -0.350. The first-order valence-corrected chi connectivity index (χ1v) is 6.02. The molecule has 0 fully saturated rings. The fourth-order valence-electron chi connectivity index (χ4n) is 1.07. The number of halogens is 2. The van der Waals surface area contributed by atoms with Crippen molar-refractivity contribution >= 4 is 37.6 Å². The second-order valence-corrected chi connectivity index (χ2v) is 4.45. The van der Waals surface area contributed by atoms with Gasteiger partial charge in [0.25, 0.3) is 0 Å². The van der Waals surface area contributed by atoms with Crippen LogP contribution in [0.4, 0.5) is 0 Å². The number of hydrogen-bond donors (Lipinski definition) is 0. The lowest BCUT2D eigenvalue weighted by Crippen LogP contribution is -2.00. The summed E-state index contributed by atoms with van der Waals surface area (Å²) in [6, 6.07) is 5.37. The fraction of sp³-hybridized carbons (Fsp3) is 0.300. The van der Waals surface area contributed by atoms with Crippen molar-refractivity contribution in [2.24, 2.45) is 0 Å². The van der Waals surface area contributed by atoms with Gasteiger partial charge in [0.05, 0.1) is 7.11 Å². The van der Waals surface area contributed by atoms with E-state index in [9.17, 15) is 4.79 Å². The van der Waals surface area contributed by atoms with Gasteiger partial charge in [-0.25, -0.2) is 0 Å². The average Bonchev–Trinajstić information content (AvgIpc) is 2.17. The Morgan fingerprint density at radius 2 is 2.14 bits per heavy atom. The molecule has 0 N–H and O–H groups in total. The first kappa shape index (κ1) is 11.7. The summed E-state index contributed by atoms with van der Waals surface area (Å²) in [5.41, 5.74) is 0.677. The monoisotopic (exact) mass is 320 g/mol. The predicted molar refractivity (Wildman–Crippen MR) is 63.4 cm³/mol. The Kier molecular flexibility index (Phi) is 4.62. The third-order valence-electron chi connectivity index (χ3n) is 1.75. The van der Waals surface area contributed by atoms with Crippen LogP contribution in [0.5, 0.6) is 5.75 Å². The topological polar surface area (TPSA) is 26.3 Å². The van der Waals surface area contributed by atoms with Crippen LogP contribution in [0, 0.1) is 0 Å². The minimum Gasteiger partial charge on any atom is -0.497 e. The summed E-state index contributed by atoms with van der Waals surface area (Å²) >= 11 is 6.57. The third-order valence-corrected chi connectivity index (χ3v) is 2.60. The van der Waals surface area contributed by atoms with E-state index in [4.69, 9.17) is 4.74 Å². The van der Waals surface area contributed by atoms with Gasteiger partial charge in [-0.2, -0.15) is 0 Å². The van der Waals surface area contributed by atoms with Crippen molar-refractivity contribution in [1.82, 2.24) is 0 Å². The zero-order valence-corrected chi connectivity index (χ0v) is 10.9. The smallest absolute Gasteiger partial charge is 0.163 e. The van der Waals surface area contributed by atoms with Gasteiger partial charge in [-0.05, 0) is 18.2 Å². The van der Waals surface area contributed by atoms with Gasteiger partial charge in [-0.3, -0.25) is 4.79 Å². The van der Waals surface area contributed by atoms with Crippen molar-refractivity contribution in [3.8, 4) is 5.75 Å². The summed E-state index contributed by atoms with van der Waals surface area (Å²) in [5, 5.41) is 0.681. The molecule has 4 heteroatoms. The average molecular weight is 322 g/mol. The summed E-state index contributed by atoms with van der Waals surface area (Å²) in [4.78, 5) is 11.6. The summed E-state index contributed by atoms with van der Waals surface area (Å²) in [5.74, 6) is 0.804. The van der Waals surface area contributed by atoms with Crippen molar-refractivity contribution < 1.29 is 9.53 Å². The van der Waals surface area contributed by atoms with Gasteiger partial charge in [0.1, 0.15) is 5.75 Å². The molecule has 1 rings (SSSR count). The molecule has 0 bridgehead atoms. The van der Waals surface area contributed by atoms with Crippen LogP contribution < -0.4 is 4.74 Å². The van der Waals surface area contributed by atoms with E-state index in [1.54, 1.807) is 19.2 Å². The number of methoxy groups -OCH3 is 1. The minimum absolute atomic E-state index is 0.112. The molecule has 0 heterocycles. The number of alkyl halides is 1. The van der Waals surface area contributed by atoms with Crippen LogP contribution in [0.3, 0.4) is 0 Å². The van der Waals surface area contributed by atoms with Crippen molar-refractivity contribution in [2.45, 2.75) is 6.42 Å². The Morgan fingerprint density at radius 1 is 1.43 bits per heavy atom. The first-order valence-electron chi connectivity index (χ1n) is 4.11. The highest BCUT2D eigenvalue weighted by atomic mass is 79.9. The van der Waals surface area contributed by atoms with Crippen molar-refractivity contribution in [3.05, 3.63) is 28.2 Å².